The van der Waals surface area contributed by atoms with E-state index in [4.69, 9.17) is 23.8 Å². The van der Waals surface area contributed by atoms with Crippen molar-refractivity contribution in [1.82, 2.24) is 5.32 Å². The maximum absolute atomic E-state index is 13.1. The Bertz CT molecular complexity index is 749. The first-order valence-corrected chi connectivity index (χ1v) is 7.30. The molecule has 3 nitrogen and oxygen atoms in total. The van der Waals surface area contributed by atoms with Crippen molar-refractivity contribution in [3.63, 3.8) is 0 Å². The number of halogens is 2. The summed E-state index contributed by atoms with van der Waals surface area (Å²) in [5, 5.41) is 5.47. The Morgan fingerprint density at radius 1 is 1.18 bits per heavy atom. The Morgan fingerprint density at radius 2 is 1.91 bits per heavy atom. The van der Waals surface area contributed by atoms with Crippen LogP contribution in [0.15, 0.2) is 36.4 Å². The van der Waals surface area contributed by atoms with Gasteiger partial charge in [0.25, 0.3) is 5.91 Å². The van der Waals surface area contributed by atoms with Gasteiger partial charge in [0.15, 0.2) is 5.11 Å². The lowest BCUT2D eigenvalue weighted by molar-refractivity contribution is 0.0977. The van der Waals surface area contributed by atoms with Crippen molar-refractivity contribution >= 4 is 40.5 Å². The van der Waals surface area contributed by atoms with Crippen molar-refractivity contribution < 1.29 is 9.18 Å². The zero-order valence-electron chi connectivity index (χ0n) is 12.0. The van der Waals surface area contributed by atoms with Crippen LogP contribution in [0.4, 0.5) is 10.1 Å². The number of rotatable bonds is 2. The molecule has 0 aliphatic heterocycles. The van der Waals surface area contributed by atoms with Crippen LogP contribution in [0.5, 0.6) is 0 Å². The summed E-state index contributed by atoms with van der Waals surface area (Å²) in [7, 11) is 0. The molecule has 6 heteroatoms. The van der Waals surface area contributed by atoms with E-state index >= 15 is 0 Å². The molecule has 0 spiro atoms. The lowest BCUT2D eigenvalue weighted by atomic mass is 10.1. The second-order valence-corrected chi connectivity index (χ2v) is 5.67. The molecular formula is C16H14ClFN2OS. The van der Waals surface area contributed by atoms with Gasteiger partial charge in [-0.25, -0.2) is 4.39 Å². The molecule has 2 rings (SSSR count). The minimum atomic E-state index is -0.516. The van der Waals surface area contributed by atoms with Crippen molar-refractivity contribution in [2.24, 2.45) is 0 Å². The first kappa shape index (κ1) is 16.4. The van der Waals surface area contributed by atoms with Gasteiger partial charge in [-0.1, -0.05) is 29.3 Å². The summed E-state index contributed by atoms with van der Waals surface area (Å²) in [4.78, 5) is 12.2. The van der Waals surface area contributed by atoms with Gasteiger partial charge in [-0.2, -0.15) is 0 Å². The Hall–Kier alpha value is -1.98. The monoisotopic (exact) mass is 336 g/mol. The number of carbonyl (C=O) groups is 1. The average Bonchev–Trinajstić information content (AvgIpc) is 2.42. The molecule has 114 valence electrons. The summed E-state index contributed by atoms with van der Waals surface area (Å²) >= 11 is 10.8. The van der Waals surface area contributed by atoms with E-state index in [-0.39, 0.29) is 16.0 Å². The third-order valence-electron chi connectivity index (χ3n) is 3.03. The number of nitrogens with one attached hydrogen (secondary N) is 2. The van der Waals surface area contributed by atoms with Crippen LogP contribution < -0.4 is 10.6 Å². The van der Waals surface area contributed by atoms with Crippen molar-refractivity contribution in [2.45, 2.75) is 13.8 Å². The van der Waals surface area contributed by atoms with Crippen molar-refractivity contribution in [3.8, 4) is 0 Å². The number of hydrogen-bond donors (Lipinski definition) is 2. The fourth-order valence-corrected chi connectivity index (χ4v) is 2.37. The summed E-state index contributed by atoms with van der Waals surface area (Å²) in [5.74, 6) is -0.819. The van der Waals surface area contributed by atoms with Crippen LogP contribution in [0.1, 0.15) is 21.5 Å². The van der Waals surface area contributed by atoms with Gasteiger partial charge in [0.2, 0.25) is 0 Å². The highest BCUT2D eigenvalue weighted by Crippen LogP contribution is 2.19. The number of thiocarbonyl (C=S) groups is 1. The van der Waals surface area contributed by atoms with Gasteiger partial charge in [0, 0.05) is 11.3 Å². The normalized spacial score (nSPS) is 10.2. The lowest BCUT2D eigenvalue weighted by Gasteiger charge is -2.11. The molecule has 0 radical (unpaired) electrons. The van der Waals surface area contributed by atoms with Crippen LogP contribution in [0.2, 0.25) is 5.02 Å². The Balaban J connectivity index is 2.05. The Kier molecular flexibility index (Phi) is 5.11. The smallest absolute Gasteiger partial charge is 0.257 e. The molecule has 0 saturated carbocycles. The van der Waals surface area contributed by atoms with Crippen LogP contribution >= 0.6 is 23.8 Å². The number of aryl methyl sites for hydroxylation is 2. The van der Waals surface area contributed by atoms with E-state index in [1.165, 1.54) is 18.2 Å². The summed E-state index contributed by atoms with van der Waals surface area (Å²) in [6.45, 7) is 3.82. The van der Waals surface area contributed by atoms with Crippen LogP contribution in [-0.2, 0) is 0 Å². The number of benzene rings is 2. The number of anilines is 1. The summed E-state index contributed by atoms with van der Waals surface area (Å²) in [5.41, 5.74) is 2.99. The van der Waals surface area contributed by atoms with Crippen molar-refractivity contribution in [1.29, 1.82) is 0 Å². The van der Waals surface area contributed by atoms with E-state index in [1.54, 1.807) is 6.07 Å². The average molecular weight is 337 g/mol. The fraction of sp³-hybridized carbons (Fsp3) is 0.125. The molecule has 0 atom stereocenters. The molecule has 0 fully saturated rings. The van der Waals surface area contributed by atoms with Gasteiger partial charge in [-0.05, 0) is 55.9 Å². The number of carbonyl (C=O) groups excluding carboxylic acids is 1. The first-order chi connectivity index (χ1) is 10.4. The van der Waals surface area contributed by atoms with E-state index in [0.29, 0.717) is 11.3 Å². The van der Waals surface area contributed by atoms with Crippen LogP contribution in [-0.4, -0.2) is 11.0 Å². The van der Waals surface area contributed by atoms with Gasteiger partial charge in [-0.3, -0.25) is 10.1 Å². The Morgan fingerprint density at radius 3 is 2.55 bits per heavy atom. The highest BCUT2D eigenvalue weighted by molar-refractivity contribution is 7.80. The maximum Gasteiger partial charge on any atom is 0.257 e. The maximum atomic E-state index is 13.1. The molecule has 22 heavy (non-hydrogen) atoms. The molecule has 0 bridgehead atoms. The van der Waals surface area contributed by atoms with Gasteiger partial charge in [0.1, 0.15) is 5.82 Å². The highest BCUT2D eigenvalue weighted by atomic mass is 35.5. The fourth-order valence-electron chi connectivity index (χ4n) is 1.98. The second-order valence-electron chi connectivity index (χ2n) is 4.86. The summed E-state index contributed by atoms with van der Waals surface area (Å²) < 4.78 is 13.1. The van der Waals surface area contributed by atoms with Crippen LogP contribution in [0.3, 0.4) is 0 Å². The van der Waals surface area contributed by atoms with Gasteiger partial charge >= 0.3 is 0 Å². The number of hydrogen-bond acceptors (Lipinski definition) is 2. The molecule has 0 unspecified atom stereocenters. The molecule has 0 aliphatic rings. The van der Waals surface area contributed by atoms with Gasteiger partial charge in [0.05, 0.1) is 5.02 Å². The molecule has 0 aromatic heterocycles. The summed E-state index contributed by atoms with van der Waals surface area (Å²) in [6.07, 6.45) is 0. The van der Waals surface area contributed by atoms with Gasteiger partial charge in [-0.15, -0.1) is 0 Å². The largest absolute Gasteiger partial charge is 0.332 e. The summed E-state index contributed by atoms with van der Waals surface area (Å²) in [6, 6.07) is 9.63. The van der Waals surface area contributed by atoms with Crippen molar-refractivity contribution in [3.05, 3.63) is 63.9 Å². The predicted molar refractivity (Wildman–Crippen MR) is 91.0 cm³/mol. The Labute approximate surface area is 138 Å². The molecule has 0 aliphatic carbocycles. The highest BCUT2D eigenvalue weighted by Gasteiger charge is 2.11. The third-order valence-corrected chi connectivity index (χ3v) is 3.52. The van der Waals surface area contributed by atoms with E-state index in [0.717, 1.165) is 11.1 Å². The van der Waals surface area contributed by atoms with E-state index in [1.807, 2.05) is 26.0 Å². The first-order valence-electron chi connectivity index (χ1n) is 6.51. The van der Waals surface area contributed by atoms with E-state index in [2.05, 4.69) is 10.6 Å². The van der Waals surface area contributed by atoms with E-state index in [9.17, 15) is 9.18 Å². The lowest BCUT2D eigenvalue weighted by Crippen LogP contribution is -2.34. The minimum Gasteiger partial charge on any atom is -0.332 e. The second kappa shape index (κ2) is 6.85. The molecule has 1 amide bonds. The molecule has 0 saturated heterocycles. The molecular weight excluding hydrogens is 323 g/mol. The molecule has 2 aromatic rings. The molecule has 0 heterocycles. The quantitative estimate of drug-likeness (QED) is 0.807. The minimum absolute atomic E-state index is 0.0199. The van der Waals surface area contributed by atoms with Crippen LogP contribution in [0.25, 0.3) is 0 Å². The van der Waals surface area contributed by atoms with E-state index < -0.39 is 5.82 Å². The van der Waals surface area contributed by atoms with Crippen molar-refractivity contribution in [2.75, 3.05) is 5.32 Å². The van der Waals surface area contributed by atoms with Gasteiger partial charge < -0.3 is 5.32 Å². The molecule has 2 N–H and O–H groups in total. The zero-order chi connectivity index (χ0) is 16.3. The standard InChI is InChI=1S/C16H14ClFN2OS/c1-9-3-5-12(10(2)7-9)15(21)20-16(22)19-11-4-6-14(18)13(17)8-11/h3-8H,1-2H3,(H2,19,20,21,22). The number of amides is 1. The SMILES string of the molecule is Cc1ccc(C(=O)NC(=S)Nc2ccc(F)c(Cl)c2)c(C)c1. The van der Waals surface area contributed by atoms with Crippen LogP contribution in [0, 0.1) is 19.7 Å². The predicted octanol–water partition coefficient (Wildman–Crippen LogP) is 4.22. The third kappa shape index (κ3) is 4.02. The zero-order valence-corrected chi connectivity index (χ0v) is 13.6. The topological polar surface area (TPSA) is 41.1 Å². The molecule has 2 aromatic carbocycles.